The molecule has 0 saturated heterocycles. The summed E-state index contributed by atoms with van der Waals surface area (Å²) in [7, 11) is 4.63. The molecule has 1 aliphatic heterocycles. The molecule has 35 heavy (non-hydrogen) atoms. The maximum Gasteiger partial charge on any atom is 0.338 e. The average Bonchev–Trinajstić information content (AvgIpc) is 3.18. The van der Waals surface area contributed by atoms with Crippen LogP contribution in [0.15, 0.2) is 63.5 Å². The predicted octanol–water partition coefficient (Wildman–Crippen LogP) is 2.82. The van der Waals surface area contributed by atoms with E-state index in [1.165, 1.54) is 25.6 Å². The van der Waals surface area contributed by atoms with E-state index in [9.17, 15) is 9.59 Å². The first-order valence-corrected chi connectivity index (χ1v) is 11.8. The number of carbonyl (C=O) groups is 1. The number of thiazole rings is 1. The SMILES string of the molecule is CCOC(=O)C1=C(C)N=c2s/c(=C\c3c(OC)cc(OC)cc3OC)c(=O)n2[C@@H]1c1ccccc1. The highest BCUT2D eigenvalue weighted by Crippen LogP contribution is 2.35. The molecule has 1 aromatic heterocycles. The van der Waals surface area contributed by atoms with Crippen LogP contribution in [-0.4, -0.2) is 38.5 Å². The quantitative estimate of drug-likeness (QED) is 0.470. The number of benzene rings is 2. The van der Waals surface area contributed by atoms with E-state index in [4.69, 9.17) is 18.9 Å². The van der Waals surface area contributed by atoms with Crippen molar-refractivity contribution in [1.29, 1.82) is 0 Å². The van der Waals surface area contributed by atoms with Gasteiger partial charge in [0.1, 0.15) is 17.2 Å². The Bertz CT molecular complexity index is 1440. The van der Waals surface area contributed by atoms with Crippen molar-refractivity contribution < 1.29 is 23.7 Å². The summed E-state index contributed by atoms with van der Waals surface area (Å²) in [5.41, 5.74) is 1.97. The highest BCUT2D eigenvalue weighted by molar-refractivity contribution is 7.07. The fourth-order valence-corrected chi connectivity index (χ4v) is 5.08. The molecule has 0 N–H and O–H groups in total. The van der Waals surface area contributed by atoms with Crippen molar-refractivity contribution in [3.63, 3.8) is 0 Å². The number of methoxy groups -OCH3 is 3. The molecular formula is C26H26N2O6S. The second-order valence-electron chi connectivity index (χ2n) is 7.66. The van der Waals surface area contributed by atoms with Crippen LogP contribution < -0.4 is 29.1 Å². The Morgan fingerprint density at radius 2 is 1.74 bits per heavy atom. The van der Waals surface area contributed by atoms with Crippen molar-refractivity contribution in [2.45, 2.75) is 19.9 Å². The first-order chi connectivity index (χ1) is 16.9. The Morgan fingerprint density at radius 3 is 2.31 bits per heavy atom. The second-order valence-corrected chi connectivity index (χ2v) is 8.67. The zero-order chi connectivity index (χ0) is 25.1. The molecule has 9 heteroatoms. The summed E-state index contributed by atoms with van der Waals surface area (Å²) in [4.78, 5) is 31.8. The topological polar surface area (TPSA) is 88.4 Å². The van der Waals surface area contributed by atoms with Crippen molar-refractivity contribution in [3.8, 4) is 17.2 Å². The number of fused-ring (bicyclic) bond motifs is 1. The van der Waals surface area contributed by atoms with Crippen LogP contribution in [0.5, 0.6) is 17.2 Å². The zero-order valence-electron chi connectivity index (χ0n) is 20.2. The Labute approximate surface area is 206 Å². The molecule has 2 aromatic carbocycles. The number of carbonyl (C=O) groups excluding carboxylic acids is 1. The largest absolute Gasteiger partial charge is 0.496 e. The molecule has 0 unspecified atom stereocenters. The Balaban J connectivity index is 1.98. The molecule has 4 rings (SSSR count). The van der Waals surface area contributed by atoms with Crippen molar-refractivity contribution in [3.05, 3.63) is 84.5 Å². The van der Waals surface area contributed by atoms with E-state index >= 15 is 0 Å². The number of aromatic nitrogens is 1. The summed E-state index contributed by atoms with van der Waals surface area (Å²) in [6, 6.07) is 12.2. The zero-order valence-corrected chi connectivity index (χ0v) is 21.0. The highest BCUT2D eigenvalue weighted by atomic mass is 32.1. The molecule has 2 heterocycles. The molecule has 0 aliphatic carbocycles. The molecule has 0 amide bonds. The third-order valence-corrected chi connectivity index (χ3v) is 6.64. The van der Waals surface area contributed by atoms with Gasteiger partial charge in [-0.2, -0.15) is 0 Å². The van der Waals surface area contributed by atoms with E-state index < -0.39 is 12.0 Å². The fourth-order valence-electron chi connectivity index (χ4n) is 4.05. The van der Waals surface area contributed by atoms with E-state index in [0.29, 0.717) is 43.4 Å². The third kappa shape index (κ3) is 4.46. The normalized spacial score (nSPS) is 15.3. The summed E-state index contributed by atoms with van der Waals surface area (Å²) in [5.74, 6) is 1.07. The maximum atomic E-state index is 13.8. The van der Waals surface area contributed by atoms with Gasteiger partial charge >= 0.3 is 5.97 Å². The van der Waals surface area contributed by atoms with Gasteiger partial charge in [0, 0.05) is 12.1 Å². The molecule has 8 nitrogen and oxygen atoms in total. The van der Waals surface area contributed by atoms with Gasteiger partial charge in [-0.15, -0.1) is 0 Å². The molecule has 182 valence electrons. The van der Waals surface area contributed by atoms with Gasteiger partial charge in [0.15, 0.2) is 4.80 Å². The minimum absolute atomic E-state index is 0.221. The van der Waals surface area contributed by atoms with Gasteiger partial charge in [-0.25, -0.2) is 9.79 Å². The molecule has 1 atom stereocenters. The smallest absolute Gasteiger partial charge is 0.338 e. The number of esters is 1. The minimum atomic E-state index is -0.659. The molecule has 1 aliphatic rings. The lowest BCUT2D eigenvalue weighted by Crippen LogP contribution is -2.39. The van der Waals surface area contributed by atoms with E-state index in [2.05, 4.69) is 4.99 Å². The standard InChI is InChI=1S/C26H26N2O6S/c1-6-34-25(30)22-15(2)27-26-28(23(22)16-10-8-7-9-11-16)24(29)21(35-26)14-18-19(32-4)12-17(31-3)13-20(18)33-5/h7-14,23H,6H2,1-5H3/b21-14-/t23-/m1/s1. The fraction of sp³-hybridized carbons (Fsp3) is 0.269. The van der Waals surface area contributed by atoms with E-state index in [1.54, 1.807) is 43.7 Å². The Hall–Kier alpha value is -3.85. The lowest BCUT2D eigenvalue weighted by molar-refractivity contribution is -0.139. The summed E-state index contributed by atoms with van der Waals surface area (Å²) < 4.78 is 23.7. The minimum Gasteiger partial charge on any atom is -0.496 e. The molecule has 0 spiro atoms. The van der Waals surface area contributed by atoms with Gasteiger partial charge in [-0.3, -0.25) is 9.36 Å². The number of nitrogens with zero attached hydrogens (tertiary/aromatic N) is 2. The monoisotopic (exact) mass is 494 g/mol. The van der Waals surface area contributed by atoms with Crippen LogP contribution >= 0.6 is 11.3 Å². The van der Waals surface area contributed by atoms with Crippen LogP contribution in [0.25, 0.3) is 6.08 Å². The molecule has 0 bridgehead atoms. The van der Waals surface area contributed by atoms with E-state index in [-0.39, 0.29) is 12.2 Å². The van der Waals surface area contributed by atoms with Crippen molar-refractivity contribution in [2.24, 2.45) is 4.99 Å². The molecular weight excluding hydrogens is 468 g/mol. The lowest BCUT2D eigenvalue weighted by Gasteiger charge is -2.24. The van der Waals surface area contributed by atoms with Crippen molar-refractivity contribution in [1.82, 2.24) is 4.57 Å². The second kappa shape index (κ2) is 10.2. The highest BCUT2D eigenvalue weighted by Gasteiger charge is 2.33. The first-order valence-electron chi connectivity index (χ1n) is 11.0. The van der Waals surface area contributed by atoms with Crippen molar-refractivity contribution >= 4 is 23.4 Å². The predicted molar refractivity (Wildman–Crippen MR) is 133 cm³/mol. The lowest BCUT2D eigenvalue weighted by atomic mass is 9.96. The average molecular weight is 495 g/mol. The van der Waals surface area contributed by atoms with Crippen LogP contribution in [0.2, 0.25) is 0 Å². The number of hydrogen-bond acceptors (Lipinski definition) is 8. The Kier molecular flexibility index (Phi) is 7.07. The van der Waals surface area contributed by atoms with Gasteiger partial charge < -0.3 is 18.9 Å². The van der Waals surface area contributed by atoms with Crippen molar-refractivity contribution in [2.75, 3.05) is 27.9 Å². The van der Waals surface area contributed by atoms with Gasteiger partial charge in [0.2, 0.25) is 0 Å². The number of ether oxygens (including phenoxy) is 4. The summed E-state index contributed by atoms with van der Waals surface area (Å²) in [6.07, 6.45) is 1.71. The number of allylic oxidation sites excluding steroid dienone is 1. The van der Waals surface area contributed by atoms with Crippen LogP contribution in [0, 0.1) is 0 Å². The van der Waals surface area contributed by atoms with Crippen LogP contribution in [-0.2, 0) is 9.53 Å². The molecule has 0 saturated carbocycles. The van der Waals surface area contributed by atoms with Gasteiger partial charge in [0.05, 0.1) is 55.3 Å². The number of hydrogen-bond donors (Lipinski definition) is 0. The van der Waals surface area contributed by atoms with E-state index in [0.717, 1.165) is 5.56 Å². The van der Waals surface area contributed by atoms with Gasteiger partial charge in [0.25, 0.3) is 5.56 Å². The third-order valence-electron chi connectivity index (χ3n) is 5.66. The van der Waals surface area contributed by atoms with Crippen LogP contribution in [0.4, 0.5) is 0 Å². The molecule has 0 radical (unpaired) electrons. The molecule has 3 aromatic rings. The van der Waals surface area contributed by atoms with Crippen LogP contribution in [0.1, 0.15) is 31.0 Å². The maximum absolute atomic E-state index is 13.8. The van der Waals surface area contributed by atoms with Gasteiger partial charge in [-0.1, -0.05) is 41.7 Å². The summed E-state index contributed by atoms with van der Waals surface area (Å²) >= 11 is 1.23. The van der Waals surface area contributed by atoms with E-state index in [1.807, 2.05) is 30.3 Å². The van der Waals surface area contributed by atoms with Gasteiger partial charge in [-0.05, 0) is 25.5 Å². The first kappa shape index (κ1) is 24.3. The Morgan fingerprint density at radius 1 is 1.09 bits per heavy atom. The molecule has 0 fully saturated rings. The summed E-state index contributed by atoms with van der Waals surface area (Å²) in [6.45, 7) is 3.73. The van der Waals surface area contributed by atoms with Crippen LogP contribution in [0.3, 0.4) is 0 Å². The summed E-state index contributed by atoms with van der Waals surface area (Å²) in [5, 5.41) is 0. The number of rotatable bonds is 7.